The molecule has 0 aliphatic rings. The van der Waals surface area contributed by atoms with Crippen molar-refractivity contribution in [3.8, 4) is 5.88 Å². The molecule has 0 spiro atoms. The average molecular weight is 270 g/mol. The molecule has 1 unspecified atom stereocenters. The van der Waals surface area contributed by atoms with Crippen LogP contribution in [0.25, 0.3) is 0 Å². The fourth-order valence-corrected chi connectivity index (χ4v) is 2.12. The van der Waals surface area contributed by atoms with Crippen molar-refractivity contribution >= 4 is 5.69 Å². The molecular weight excluding hydrogens is 248 g/mol. The van der Waals surface area contributed by atoms with E-state index in [0.717, 1.165) is 12.1 Å². The van der Waals surface area contributed by atoms with Gasteiger partial charge in [-0.1, -0.05) is 36.8 Å². The summed E-state index contributed by atoms with van der Waals surface area (Å²) in [6.07, 6.45) is 2.85. The molecule has 0 fully saturated rings. The first-order valence-electron chi connectivity index (χ1n) is 7.15. The molecule has 1 aromatic heterocycles. The van der Waals surface area contributed by atoms with Gasteiger partial charge in [0.15, 0.2) is 0 Å². The van der Waals surface area contributed by atoms with Crippen LogP contribution in [0.1, 0.15) is 37.4 Å². The smallest absolute Gasteiger partial charge is 0.213 e. The van der Waals surface area contributed by atoms with Crippen LogP contribution in [0.3, 0.4) is 0 Å². The van der Waals surface area contributed by atoms with E-state index < -0.39 is 0 Å². The Balaban J connectivity index is 2.07. The maximum absolute atomic E-state index is 5.35. The molecule has 106 valence electrons. The molecule has 3 nitrogen and oxygen atoms in total. The Morgan fingerprint density at radius 1 is 1.10 bits per heavy atom. The summed E-state index contributed by atoms with van der Waals surface area (Å²) in [6, 6.07) is 12.9. The third-order valence-corrected chi connectivity index (χ3v) is 3.26. The molecule has 20 heavy (non-hydrogen) atoms. The van der Waals surface area contributed by atoms with Crippen molar-refractivity contribution in [1.29, 1.82) is 0 Å². The molecule has 0 bridgehead atoms. The van der Waals surface area contributed by atoms with E-state index in [0.29, 0.717) is 18.5 Å². The summed E-state index contributed by atoms with van der Waals surface area (Å²) in [4.78, 5) is 4.28. The van der Waals surface area contributed by atoms with E-state index in [-0.39, 0.29) is 0 Å². The number of hydrogen-bond acceptors (Lipinski definition) is 3. The second kappa shape index (κ2) is 6.94. The highest BCUT2D eigenvalue weighted by Crippen LogP contribution is 2.23. The molecule has 0 saturated carbocycles. The van der Waals surface area contributed by atoms with E-state index in [2.05, 4.69) is 48.4 Å². The zero-order chi connectivity index (χ0) is 14.4. The van der Waals surface area contributed by atoms with Crippen molar-refractivity contribution in [2.24, 2.45) is 0 Å². The summed E-state index contributed by atoms with van der Waals surface area (Å²) in [5.74, 6) is 0.668. The van der Waals surface area contributed by atoms with Crippen molar-refractivity contribution in [3.63, 3.8) is 0 Å². The minimum absolute atomic E-state index is 0.301. The predicted molar refractivity (Wildman–Crippen MR) is 83.2 cm³/mol. The van der Waals surface area contributed by atoms with Crippen LogP contribution >= 0.6 is 0 Å². The lowest BCUT2D eigenvalue weighted by molar-refractivity contribution is 0.327. The van der Waals surface area contributed by atoms with E-state index in [1.165, 1.54) is 11.1 Å². The Morgan fingerprint density at radius 3 is 2.40 bits per heavy atom. The lowest BCUT2D eigenvalue weighted by atomic mass is 10.0. The predicted octanol–water partition coefficient (Wildman–Crippen LogP) is 4.35. The molecule has 1 atom stereocenters. The van der Waals surface area contributed by atoms with Crippen LogP contribution in [-0.2, 0) is 0 Å². The number of aryl methyl sites for hydroxylation is 1. The monoisotopic (exact) mass is 270 g/mol. The van der Waals surface area contributed by atoms with Crippen LogP contribution in [0.4, 0.5) is 5.69 Å². The Morgan fingerprint density at radius 2 is 1.85 bits per heavy atom. The maximum atomic E-state index is 5.35. The Labute approximate surface area is 121 Å². The minimum atomic E-state index is 0.301. The van der Waals surface area contributed by atoms with Crippen LogP contribution in [0.5, 0.6) is 5.88 Å². The van der Waals surface area contributed by atoms with E-state index in [9.17, 15) is 0 Å². The molecule has 0 aliphatic heterocycles. The molecule has 1 aromatic carbocycles. The number of nitrogens with one attached hydrogen (secondary N) is 1. The van der Waals surface area contributed by atoms with Gasteiger partial charge in [0.25, 0.3) is 0 Å². The van der Waals surface area contributed by atoms with Crippen molar-refractivity contribution in [3.05, 3.63) is 53.7 Å². The number of pyridine rings is 1. The molecule has 2 aromatic rings. The number of aromatic nitrogens is 1. The third-order valence-electron chi connectivity index (χ3n) is 3.26. The lowest BCUT2D eigenvalue weighted by Crippen LogP contribution is -2.10. The van der Waals surface area contributed by atoms with E-state index >= 15 is 0 Å². The fraction of sp³-hybridized carbons (Fsp3) is 0.353. The number of hydrogen-bond donors (Lipinski definition) is 1. The highest BCUT2D eigenvalue weighted by Gasteiger charge is 2.09. The Hall–Kier alpha value is -2.03. The highest BCUT2D eigenvalue weighted by atomic mass is 16.5. The van der Waals surface area contributed by atoms with Gasteiger partial charge in [-0.2, -0.15) is 0 Å². The van der Waals surface area contributed by atoms with E-state index in [1.807, 2.05) is 25.3 Å². The van der Waals surface area contributed by atoms with Crippen molar-refractivity contribution in [1.82, 2.24) is 4.98 Å². The van der Waals surface area contributed by atoms with Gasteiger partial charge in [-0.15, -0.1) is 0 Å². The summed E-state index contributed by atoms with van der Waals surface area (Å²) in [5, 5.41) is 3.52. The van der Waals surface area contributed by atoms with Crippen LogP contribution in [0, 0.1) is 6.92 Å². The van der Waals surface area contributed by atoms with Crippen molar-refractivity contribution in [2.75, 3.05) is 11.9 Å². The van der Waals surface area contributed by atoms with E-state index in [1.54, 1.807) is 0 Å². The second-order valence-electron chi connectivity index (χ2n) is 4.83. The van der Waals surface area contributed by atoms with Gasteiger partial charge in [-0.05, 0) is 31.9 Å². The largest absolute Gasteiger partial charge is 0.478 e. The van der Waals surface area contributed by atoms with Gasteiger partial charge in [0.05, 0.1) is 24.5 Å². The number of ether oxygens (including phenoxy) is 1. The van der Waals surface area contributed by atoms with Crippen LogP contribution in [0.15, 0.2) is 42.6 Å². The normalized spacial score (nSPS) is 11.9. The van der Waals surface area contributed by atoms with Crippen LogP contribution in [-0.4, -0.2) is 11.6 Å². The Bertz CT molecular complexity index is 520. The van der Waals surface area contributed by atoms with Gasteiger partial charge in [0.2, 0.25) is 5.88 Å². The topological polar surface area (TPSA) is 34.1 Å². The number of rotatable bonds is 6. The molecular formula is C17H22N2O. The first-order valence-corrected chi connectivity index (χ1v) is 7.15. The fourth-order valence-electron chi connectivity index (χ4n) is 2.12. The molecule has 0 radical (unpaired) electrons. The standard InChI is InChI=1S/C17H22N2O/c1-4-16(14-8-6-13(3)7-9-14)19-15-10-11-17(18-12-15)20-5-2/h6-12,16,19H,4-5H2,1-3H3. The Kier molecular flexibility index (Phi) is 4.99. The SMILES string of the molecule is CCOc1ccc(NC(CC)c2ccc(C)cc2)cn1. The van der Waals surface area contributed by atoms with Crippen molar-refractivity contribution < 1.29 is 4.74 Å². The number of anilines is 1. The van der Waals surface area contributed by atoms with Gasteiger partial charge >= 0.3 is 0 Å². The quantitative estimate of drug-likeness (QED) is 0.847. The number of benzene rings is 1. The molecule has 0 aliphatic carbocycles. The first-order chi connectivity index (χ1) is 9.72. The summed E-state index contributed by atoms with van der Waals surface area (Å²) in [7, 11) is 0. The van der Waals surface area contributed by atoms with Gasteiger partial charge in [-0.25, -0.2) is 4.98 Å². The summed E-state index contributed by atoms with van der Waals surface area (Å²) >= 11 is 0. The van der Waals surface area contributed by atoms with Crippen LogP contribution < -0.4 is 10.1 Å². The number of nitrogens with zero attached hydrogens (tertiary/aromatic N) is 1. The zero-order valence-electron chi connectivity index (χ0n) is 12.4. The van der Waals surface area contributed by atoms with Gasteiger partial charge in [0, 0.05) is 6.07 Å². The molecule has 1 N–H and O–H groups in total. The van der Waals surface area contributed by atoms with Gasteiger partial charge in [0.1, 0.15) is 0 Å². The molecule has 2 rings (SSSR count). The van der Waals surface area contributed by atoms with Gasteiger partial charge in [-0.3, -0.25) is 0 Å². The van der Waals surface area contributed by atoms with Gasteiger partial charge < -0.3 is 10.1 Å². The first kappa shape index (κ1) is 14.4. The molecule has 1 heterocycles. The molecule has 0 saturated heterocycles. The summed E-state index contributed by atoms with van der Waals surface area (Å²) < 4.78 is 5.35. The lowest BCUT2D eigenvalue weighted by Gasteiger charge is -2.19. The van der Waals surface area contributed by atoms with Crippen LogP contribution in [0.2, 0.25) is 0 Å². The maximum Gasteiger partial charge on any atom is 0.213 e. The highest BCUT2D eigenvalue weighted by molar-refractivity contribution is 5.45. The summed E-state index contributed by atoms with van der Waals surface area (Å²) in [6.45, 7) is 6.88. The van der Waals surface area contributed by atoms with Crippen molar-refractivity contribution in [2.45, 2.75) is 33.2 Å². The minimum Gasteiger partial charge on any atom is -0.478 e. The van der Waals surface area contributed by atoms with E-state index in [4.69, 9.17) is 4.74 Å². The molecule has 3 heteroatoms. The zero-order valence-corrected chi connectivity index (χ0v) is 12.4. The third kappa shape index (κ3) is 3.73. The molecule has 0 amide bonds. The summed E-state index contributed by atoms with van der Waals surface area (Å²) in [5.41, 5.74) is 3.60. The second-order valence-corrected chi connectivity index (χ2v) is 4.83. The average Bonchev–Trinajstić information content (AvgIpc) is 2.48.